The molecule has 0 aromatic carbocycles. The number of nitrogens with two attached hydrogens (primary N) is 1. The van der Waals surface area contributed by atoms with Gasteiger partial charge in [-0.3, -0.25) is 0 Å². The maximum absolute atomic E-state index is 5.76. The fraction of sp³-hybridized carbons (Fsp3) is 1.00. The average Bonchev–Trinajstić information content (AvgIpc) is 2.04. The molecule has 0 bridgehead atoms. The van der Waals surface area contributed by atoms with Gasteiger partial charge in [0.2, 0.25) is 0 Å². The maximum atomic E-state index is 5.76. The summed E-state index contributed by atoms with van der Waals surface area (Å²) in [5.74, 6) is 0.929. The first-order chi connectivity index (χ1) is 5.84. The van der Waals surface area contributed by atoms with Crippen molar-refractivity contribution < 1.29 is 0 Å². The van der Waals surface area contributed by atoms with E-state index >= 15 is 0 Å². The molecule has 1 saturated carbocycles. The number of hydrogen-bond donors (Lipinski definition) is 1. The van der Waals surface area contributed by atoms with E-state index in [0.717, 1.165) is 5.92 Å². The summed E-state index contributed by atoms with van der Waals surface area (Å²) in [5.41, 5.74) is 5.76. The van der Waals surface area contributed by atoms with Crippen molar-refractivity contribution in [1.29, 1.82) is 0 Å². The Labute approximate surface area is 75.1 Å². The third kappa shape index (κ3) is 1.99. The zero-order valence-electron chi connectivity index (χ0n) is 7.84. The largest absolute Gasteiger partial charge is 0.328 e. The van der Waals surface area contributed by atoms with E-state index in [-0.39, 0.29) is 0 Å². The highest BCUT2D eigenvalue weighted by Crippen LogP contribution is 2.27. The van der Waals surface area contributed by atoms with E-state index in [1.165, 1.54) is 51.7 Å². The molecular formula is C10H20N2. The van der Waals surface area contributed by atoms with E-state index in [4.69, 9.17) is 5.73 Å². The van der Waals surface area contributed by atoms with Gasteiger partial charge >= 0.3 is 0 Å². The summed E-state index contributed by atoms with van der Waals surface area (Å²) in [6.07, 6.45) is 6.82. The molecule has 70 valence electrons. The molecule has 2 heteroatoms. The topological polar surface area (TPSA) is 29.3 Å². The van der Waals surface area contributed by atoms with Crippen LogP contribution in [0.15, 0.2) is 0 Å². The summed E-state index contributed by atoms with van der Waals surface area (Å²) >= 11 is 0. The third-order valence-electron chi connectivity index (χ3n) is 3.24. The van der Waals surface area contributed by atoms with Crippen molar-refractivity contribution in [3.8, 4) is 0 Å². The van der Waals surface area contributed by atoms with E-state index in [9.17, 15) is 0 Å². The van der Waals surface area contributed by atoms with Gasteiger partial charge in [0.05, 0.1) is 0 Å². The molecule has 2 N–H and O–H groups in total. The minimum absolute atomic E-state index is 0.528. The molecule has 0 aromatic rings. The van der Waals surface area contributed by atoms with Gasteiger partial charge in [-0.25, -0.2) is 0 Å². The molecule has 0 aromatic heterocycles. The molecule has 1 aliphatic heterocycles. The van der Waals surface area contributed by atoms with Crippen molar-refractivity contribution in [2.75, 3.05) is 19.6 Å². The lowest BCUT2D eigenvalue weighted by atomic mass is 9.80. The first-order valence-electron chi connectivity index (χ1n) is 5.32. The van der Waals surface area contributed by atoms with Crippen LogP contribution < -0.4 is 5.73 Å². The van der Waals surface area contributed by atoms with Crippen LogP contribution in [0.4, 0.5) is 0 Å². The Balaban J connectivity index is 1.65. The summed E-state index contributed by atoms with van der Waals surface area (Å²) in [5, 5.41) is 0. The lowest BCUT2D eigenvalue weighted by molar-refractivity contribution is 0.141. The lowest BCUT2D eigenvalue weighted by Gasteiger charge is -2.37. The summed E-state index contributed by atoms with van der Waals surface area (Å²) in [6.45, 7) is 4.01. The van der Waals surface area contributed by atoms with Gasteiger partial charge in [-0.05, 0) is 44.7 Å². The molecular weight excluding hydrogens is 148 g/mol. The zero-order valence-corrected chi connectivity index (χ0v) is 7.84. The van der Waals surface area contributed by atoms with Gasteiger partial charge in [-0.2, -0.15) is 0 Å². The minimum Gasteiger partial charge on any atom is -0.328 e. The van der Waals surface area contributed by atoms with Crippen LogP contribution in [0.3, 0.4) is 0 Å². The Kier molecular flexibility index (Phi) is 2.66. The molecule has 2 fully saturated rings. The Bertz CT molecular complexity index is 135. The van der Waals surface area contributed by atoms with Gasteiger partial charge in [0.15, 0.2) is 0 Å². The Morgan fingerprint density at radius 1 is 1.08 bits per heavy atom. The molecule has 0 atom stereocenters. The summed E-state index contributed by atoms with van der Waals surface area (Å²) in [6, 6.07) is 0.528. The number of hydrogen-bond acceptors (Lipinski definition) is 2. The van der Waals surface area contributed by atoms with Crippen molar-refractivity contribution >= 4 is 0 Å². The van der Waals surface area contributed by atoms with Crippen LogP contribution in [0.25, 0.3) is 0 Å². The first kappa shape index (κ1) is 8.52. The fourth-order valence-electron chi connectivity index (χ4n) is 2.44. The highest BCUT2D eigenvalue weighted by molar-refractivity contribution is 4.84. The Morgan fingerprint density at radius 3 is 2.33 bits per heavy atom. The smallest absolute Gasteiger partial charge is 0.00450 e. The van der Waals surface area contributed by atoms with Crippen LogP contribution in [-0.4, -0.2) is 30.6 Å². The molecule has 2 aliphatic rings. The number of piperidine rings is 1. The van der Waals surface area contributed by atoms with E-state index < -0.39 is 0 Å². The Morgan fingerprint density at radius 2 is 1.75 bits per heavy atom. The SMILES string of the molecule is NC1CC(CN2CCCCC2)C1. The number of likely N-dealkylation sites (tertiary alicyclic amines) is 1. The van der Waals surface area contributed by atoms with Gasteiger partial charge in [-0.15, -0.1) is 0 Å². The van der Waals surface area contributed by atoms with Crippen LogP contribution in [0.5, 0.6) is 0 Å². The second-order valence-corrected chi connectivity index (χ2v) is 4.46. The van der Waals surface area contributed by atoms with Gasteiger partial charge in [-0.1, -0.05) is 6.42 Å². The third-order valence-corrected chi connectivity index (χ3v) is 3.24. The monoisotopic (exact) mass is 168 g/mol. The van der Waals surface area contributed by atoms with Crippen molar-refractivity contribution in [1.82, 2.24) is 4.90 Å². The highest BCUT2D eigenvalue weighted by atomic mass is 15.1. The predicted octanol–water partition coefficient (Wildman–Crippen LogP) is 1.21. The van der Waals surface area contributed by atoms with Crippen molar-refractivity contribution in [3.63, 3.8) is 0 Å². The van der Waals surface area contributed by atoms with Crippen molar-refractivity contribution in [2.24, 2.45) is 11.7 Å². The standard InChI is InChI=1S/C10H20N2/c11-10-6-9(7-10)8-12-4-2-1-3-5-12/h9-10H,1-8,11H2. The predicted molar refractivity (Wildman–Crippen MR) is 51.0 cm³/mol. The minimum atomic E-state index is 0.528. The molecule has 0 amide bonds. The lowest BCUT2D eigenvalue weighted by Crippen LogP contribution is -2.44. The molecule has 1 saturated heterocycles. The molecule has 1 aliphatic carbocycles. The van der Waals surface area contributed by atoms with E-state index in [2.05, 4.69) is 4.90 Å². The normalized spacial score (nSPS) is 37.8. The highest BCUT2D eigenvalue weighted by Gasteiger charge is 2.27. The molecule has 0 unspecified atom stereocenters. The molecule has 0 spiro atoms. The molecule has 2 nitrogen and oxygen atoms in total. The van der Waals surface area contributed by atoms with Crippen LogP contribution in [0, 0.1) is 5.92 Å². The van der Waals surface area contributed by atoms with Crippen LogP contribution in [-0.2, 0) is 0 Å². The first-order valence-corrected chi connectivity index (χ1v) is 5.32. The fourth-order valence-corrected chi connectivity index (χ4v) is 2.44. The van der Waals surface area contributed by atoms with Gasteiger partial charge in [0.25, 0.3) is 0 Å². The summed E-state index contributed by atoms with van der Waals surface area (Å²) in [4.78, 5) is 2.63. The average molecular weight is 168 g/mol. The quantitative estimate of drug-likeness (QED) is 0.671. The molecule has 2 rings (SSSR count). The summed E-state index contributed by atoms with van der Waals surface area (Å²) < 4.78 is 0. The van der Waals surface area contributed by atoms with Crippen molar-refractivity contribution in [2.45, 2.75) is 38.1 Å². The van der Waals surface area contributed by atoms with Gasteiger partial charge < -0.3 is 10.6 Å². The second-order valence-electron chi connectivity index (χ2n) is 4.46. The number of nitrogens with zero attached hydrogens (tertiary/aromatic N) is 1. The maximum Gasteiger partial charge on any atom is 0.00450 e. The number of rotatable bonds is 2. The molecule has 1 heterocycles. The van der Waals surface area contributed by atoms with E-state index in [1.807, 2.05) is 0 Å². The van der Waals surface area contributed by atoms with Gasteiger partial charge in [0, 0.05) is 12.6 Å². The van der Waals surface area contributed by atoms with Crippen molar-refractivity contribution in [3.05, 3.63) is 0 Å². The molecule has 0 radical (unpaired) electrons. The van der Waals surface area contributed by atoms with Crippen LogP contribution in [0.1, 0.15) is 32.1 Å². The Hall–Kier alpha value is -0.0800. The van der Waals surface area contributed by atoms with Crippen LogP contribution >= 0.6 is 0 Å². The van der Waals surface area contributed by atoms with E-state index in [1.54, 1.807) is 0 Å². The van der Waals surface area contributed by atoms with Gasteiger partial charge in [0.1, 0.15) is 0 Å². The second kappa shape index (κ2) is 3.75. The molecule has 12 heavy (non-hydrogen) atoms. The summed E-state index contributed by atoms with van der Waals surface area (Å²) in [7, 11) is 0. The zero-order chi connectivity index (χ0) is 8.39. The van der Waals surface area contributed by atoms with Crippen LogP contribution in [0.2, 0.25) is 0 Å². The van der Waals surface area contributed by atoms with E-state index in [0.29, 0.717) is 6.04 Å².